The first-order chi connectivity index (χ1) is 11.0. The average molecular weight is 333 g/mol. The van der Waals surface area contributed by atoms with Crippen LogP contribution in [0, 0.1) is 0 Å². The van der Waals surface area contributed by atoms with Gasteiger partial charge in [-0.15, -0.1) is 0 Å². The quantitative estimate of drug-likeness (QED) is 0.617. The molecule has 0 unspecified atom stereocenters. The monoisotopic (exact) mass is 332 g/mol. The van der Waals surface area contributed by atoms with E-state index in [4.69, 9.17) is 0 Å². The summed E-state index contributed by atoms with van der Waals surface area (Å²) in [7, 11) is -1.57. The number of fused-ring (bicyclic) bond motifs is 1. The van der Waals surface area contributed by atoms with Gasteiger partial charge >= 0.3 is 0 Å². The van der Waals surface area contributed by atoms with Gasteiger partial charge in [0, 0.05) is 0 Å². The largest absolute Gasteiger partial charge is 0.508 e. The molecule has 0 fully saturated rings. The topological polar surface area (TPSA) is 20.2 Å². The lowest BCUT2D eigenvalue weighted by Gasteiger charge is -2.34. The number of rotatable bonds is 7. The van der Waals surface area contributed by atoms with Crippen LogP contribution in [0.2, 0.25) is 18.1 Å². The molecule has 23 heavy (non-hydrogen) atoms. The van der Waals surface area contributed by atoms with Crippen LogP contribution in [0.3, 0.4) is 0 Å². The minimum absolute atomic E-state index is 0.424. The van der Waals surface area contributed by atoms with Crippen LogP contribution in [0.5, 0.6) is 5.75 Å². The molecule has 0 aliphatic heterocycles. The molecule has 0 radical (unpaired) electrons. The highest BCUT2D eigenvalue weighted by Gasteiger charge is 2.35. The van der Waals surface area contributed by atoms with Crippen molar-refractivity contribution in [2.24, 2.45) is 0 Å². The Bertz CT molecular complexity index is 529. The zero-order valence-corrected chi connectivity index (χ0v) is 17.0. The highest BCUT2D eigenvalue weighted by Crippen LogP contribution is 2.37. The molecule has 1 N–H and O–H groups in total. The van der Waals surface area contributed by atoms with E-state index in [1.165, 1.54) is 73.0 Å². The van der Waals surface area contributed by atoms with E-state index in [1.54, 1.807) is 5.56 Å². The zero-order valence-electron chi connectivity index (χ0n) is 16.0. The molecule has 0 heterocycles. The van der Waals surface area contributed by atoms with Gasteiger partial charge in [0.05, 0.1) is 8.07 Å². The number of unbranched alkanes of at least 4 members (excludes halogenated alkanes) is 1. The Morgan fingerprint density at radius 1 is 1.09 bits per heavy atom. The van der Waals surface area contributed by atoms with Crippen molar-refractivity contribution in [2.75, 3.05) is 0 Å². The molecule has 1 aromatic rings. The van der Waals surface area contributed by atoms with Crippen molar-refractivity contribution in [1.82, 2.24) is 0 Å². The Hall–Kier alpha value is -0.763. The van der Waals surface area contributed by atoms with Crippen molar-refractivity contribution < 1.29 is 5.11 Å². The second kappa shape index (κ2) is 7.87. The van der Waals surface area contributed by atoms with Gasteiger partial charge in [-0.3, -0.25) is 0 Å². The van der Waals surface area contributed by atoms with Crippen molar-refractivity contribution >= 4 is 13.3 Å². The van der Waals surface area contributed by atoms with Gasteiger partial charge in [-0.05, 0) is 53.5 Å². The maximum Gasteiger partial charge on any atom is 0.118 e. The predicted octanol–water partition coefficient (Wildman–Crippen LogP) is 5.89. The van der Waals surface area contributed by atoms with E-state index in [0.29, 0.717) is 11.7 Å². The molecule has 1 nitrogen and oxygen atoms in total. The molecule has 130 valence electrons. The van der Waals surface area contributed by atoms with Gasteiger partial charge in [0.1, 0.15) is 5.75 Å². The average Bonchev–Trinajstić information content (AvgIpc) is 2.56. The van der Waals surface area contributed by atoms with Crippen LogP contribution in [0.15, 0.2) is 6.07 Å². The van der Waals surface area contributed by atoms with Gasteiger partial charge in [0.25, 0.3) is 0 Å². The van der Waals surface area contributed by atoms with E-state index >= 15 is 0 Å². The van der Waals surface area contributed by atoms with Gasteiger partial charge in [-0.25, -0.2) is 0 Å². The van der Waals surface area contributed by atoms with Crippen molar-refractivity contribution in [3.63, 3.8) is 0 Å². The summed E-state index contributed by atoms with van der Waals surface area (Å²) in [4.78, 5) is 0. The normalized spacial score (nSPS) is 15.0. The van der Waals surface area contributed by atoms with Gasteiger partial charge in [-0.1, -0.05) is 71.7 Å². The summed E-state index contributed by atoms with van der Waals surface area (Å²) >= 11 is 0. The molecule has 0 saturated carbocycles. The smallest absolute Gasteiger partial charge is 0.118 e. The molecule has 2 rings (SSSR count). The fourth-order valence-electron chi connectivity index (χ4n) is 4.59. The van der Waals surface area contributed by atoms with Crippen LogP contribution in [-0.4, -0.2) is 13.2 Å². The summed E-state index contributed by atoms with van der Waals surface area (Å²) in [5.41, 5.74) is 4.33. The molecule has 0 amide bonds. The molecule has 0 bridgehead atoms. The fourth-order valence-corrected chi connectivity index (χ4v) is 8.97. The lowest BCUT2D eigenvalue weighted by molar-refractivity contribution is 0.465. The molecule has 1 aliphatic rings. The molecule has 0 aromatic heterocycles. The van der Waals surface area contributed by atoms with Gasteiger partial charge in [-0.2, -0.15) is 0 Å². The van der Waals surface area contributed by atoms with Crippen LogP contribution in [0.4, 0.5) is 0 Å². The van der Waals surface area contributed by atoms with E-state index in [9.17, 15) is 5.11 Å². The first kappa shape index (κ1) is 18.6. The van der Waals surface area contributed by atoms with Gasteiger partial charge in [0.15, 0.2) is 0 Å². The Balaban J connectivity index is 2.63. The molecule has 0 spiro atoms. The minimum atomic E-state index is -1.57. The van der Waals surface area contributed by atoms with Crippen LogP contribution in [0.1, 0.15) is 82.9 Å². The van der Waals surface area contributed by atoms with Crippen molar-refractivity contribution in [3.05, 3.63) is 22.8 Å². The SMILES string of the molecule is CCCC[Si](CC)(CC)c1cc2c(c(C(C)C)c1O)CCCC2. The Morgan fingerprint density at radius 3 is 2.30 bits per heavy atom. The van der Waals surface area contributed by atoms with Crippen LogP contribution < -0.4 is 5.19 Å². The number of hydrogen-bond acceptors (Lipinski definition) is 1. The second-order valence-corrected chi connectivity index (χ2v) is 12.8. The highest BCUT2D eigenvalue weighted by atomic mass is 28.3. The number of phenols is 1. The Kier molecular flexibility index (Phi) is 6.36. The summed E-state index contributed by atoms with van der Waals surface area (Å²) < 4.78 is 0. The number of benzene rings is 1. The lowest BCUT2D eigenvalue weighted by atomic mass is 9.84. The number of hydrogen-bond donors (Lipinski definition) is 1. The highest BCUT2D eigenvalue weighted by molar-refractivity contribution is 6.92. The van der Waals surface area contributed by atoms with Crippen molar-refractivity contribution in [1.29, 1.82) is 0 Å². The third-order valence-corrected chi connectivity index (χ3v) is 11.7. The van der Waals surface area contributed by atoms with Crippen LogP contribution in [0.25, 0.3) is 0 Å². The first-order valence-electron chi connectivity index (χ1n) is 9.88. The zero-order chi connectivity index (χ0) is 17.0. The standard InChI is InChI=1S/C21H36OSi/c1-6-9-14-23(7-2,8-3)19-15-17-12-10-11-13-18(17)20(16(4)5)21(19)22/h15-16,22H,6-14H2,1-5H3. The summed E-state index contributed by atoms with van der Waals surface area (Å²) in [6.07, 6.45) is 7.55. The van der Waals surface area contributed by atoms with Crippen LogP contribution >= 0.6 is 0 Å². The molecule has 0 atom stereocenters. The molecule has 1 aromatic carbocycles. The number of aromatic hydroxyl groups is 1. The van der Waals surface area contributed by atoms with Gasteiger partial charge in [0.2, 0.25) is 0 Å². The molecular weight excluding hydrogens is 296 g/mol. The van der Waals surface area contributed by atoms with Crippen molar-refractivity contribution in [2.45, 2.75) is 97.2 Å². The van der Waals surface area contributed by atoms with E-state index < -0.39 is 8.07 Å². The third kappa shape index (κ3) is 3.52. The molecule has 2 heteroatoms. The predicted molar refractivity (Wildman–Crippen MR) is 105 cm³/mol. The van der Waals surface area contributed by atoms with E-state index in [-0.39, 0.29) is 0 Å². The summed E-state index contributed by atoms with van der Waals surface area (Å²) in [6, 6.07) is 6.30. The number of phenolic OH excluding ortho intramolecular Hbond substituents is 1. The lowest BCUT2D eigenvalue weighted by Crippen LogP contribution is -2.47. The summed E-state index contributed by atoms with van der Waals surface area (Å²) in [5.74, 6) is 1.11. The fraction of sp³-hybridized carbons (Fsp3) is 0.714. The summed E-state index contributed by atoms with van der Waals surface area (Å²) in [5, 5.41) is 12.6. The summed E-state index contributed by atoms with van der Waals surface area (Å²) in [6.45, 7) is 11.5. The van der Waals surface area contributed by atoms with E-state index in [0.717, 1.165) is 0 Å². The minimum Gasteiger partial charge on any atom is -0.508 e. The third-order valence-electron chi connectivity index (χ3n) is 6.18. The molecule has 1 aliphatic carbocycles. The Morgan fingerprint density at radius 2 is 1.74 bits per heavy atom. The maximum atomic E-state index is 11.2. The van der Waals surface area contributed by atoms with Gasteiger partial charge < -0.3 is 5.11 Å². The molecular formula is C21H36OSi. The first-order valence-corrected chi connectivity index (χ1v) is 12.5. The Labute approximate surface area is 144 Å². The second-order valence-electron chi connectivity index (χ2n) is 7.78. The number of aryl methyl sites for hydroxylation is 1. The van der Waals surface area contributed by atoms with E-state index in [2.05, 4.69) is 40.7 Å². The van der Waals surface area contributed by atoms with Crippen LogP contribution in [-0.2, 0) is 12.8 Å². The molecule has 0 saturated heterocycles. The van der Waals surface area contributed by atoms with Crippen molar-refractivity contribution in [3.8, 4) is 5.75 Å². The maximum absolute atomic E-state index is 11.2. The van der Waals surface area contributed by atoms with E-state index in [1.807, 2.05) is 0 Å².